The Kier molecular flexibility index (Phi) is 6.36. The minimum absolute atomic E-state index is 0.00766. The third kappa shape index (κ3) is 5.19. The van der Waals surface area contributed by atoms with E-state index in [2.05, 4.69) is 40.2 Å². The van der Waals surface area contributed by atoms with Crippen molar-refractivity contribution in [1.82, 2.24) is 10.2 Å². The summed E-state index contributed by atoms with van der Waals surface area (Å²) in [6, 6.07) is 5.77. The predicted molar refractivity (Wildman–Crippen MR) is 79.0 cm³/mol. The number of rotatable bonds is 6. The molecule has 0 aliphatic heterocycles. The van der Waals surface area contributed by atoms with Crippen LogP contribution in [0.15, 0.2) is 22.7 Å². The van der Waals surface area contributed by atoms with Crippen LogP contribution in [-0.2, 0) is 0 Å². The summed E-state index contributed by atoms with van der Waals surface area (Å²) in [5.74, 6) is -0.00766. The molecule has 0 spiro atoms. The van der Waals surface area contributed by atoms with E-state index in [1.165, 1.54) is 0 Å². The molecule has 1 N–H and O–H groups in total. The van der Waals surface area contributed by atoms with Crippen LogP contribution in [0, 0.1) is 6.92 Å². The Balaban J connectivity index is 2.36. The molecule has 0 aliphatic carbocycles. The second kappa shape index (κ2) is 7.54. The van der Waals surface area contributed by atoms with Crippen molar-refractivity contribution >= 4 is 21.8 Å². The van der Waals surface area contributed by atoms with Gasteiger partial charge in [0.25, 0.3) is 5.91 Å². The molecule has 1 amide bonds. The molecule has 0 aliphatic rings. The minimum Gasteiger partial charge on any atom is -0.352 e. The summed E-state index contributed by atoms with van der Waals surface area (Å²) in [5, 5.41) is 2.95. The predicted octanol–water partition coefficient (Wildman–Crippen LogP) is 2.83. The standard InChI is InChI=1S/C14H21BrN2O/c1-11-6-7-12(13(15)10-11)14(18)16-8-4-5-9-17(2)3/h6-7,10H,4-5,8-9H2,1-3H3,(H,16,18). The van der Waals surface area contributed by atoms with Crippen molar-refractivity contribution < 1.29 is 4.79 Å². The number of hydrogen-bond donors (Lipinski definition) is 1. The van der Waals surface area contributed by atoms with Crippen LogP contribution in [0.25, 0.3) is 0 Å². The summed E-state index contributed by atoms with van der Waals surface area (Å²) in [6.07, 6.45) is 2.11. The van der Waals surface area contributed by atoms with E-state index in [0.29, 0.717) is 5.56 Å². The number of carbonyl (C=O) groups excluding carboxylic acids is 1. The first-order chi connectivity index (χ1) is 8.50. The number of amides is 1. The van der Waals surface area contributed by atoms with E-state index in [4.69, 9.17) is 0 Å². The molecule has 3 nitrogen and oxygen atoms in total. The minimum atomic E-state index is -0.00766. The number of nitrogens with zero attached hydrogens (tertiary/aromatic N) is 1. The average Bonchev–Trinajstić information content (AvgIpc) is 2.27. The van der Waals surface area contributed by atoms with Crippen LogP contribution in [-0.4, -0.2) is 38.0 Å². The quantitative estimate of drug-likeness (QED) is 0.819. The topological polar surface area (TPSA) is 32.3 Å². The van der Waals surface area contributed by atoms with Crippen molar-refractivity contribution in [1.29, 1.82) is 0 Å². The highest BCUT2D eigenvalue weighted by atomic mass is 79.9. The Hall–Kier alpha value is -0.870. The Labute approximate surface area is 118 Å². The Bertz CT molecular complexity index is 405. The Morgan fingerprint density at radius 1 is 1.33 bits per heavy atom. The van der Waals surface area contributed by atoms with Crippen LogP contribution in [0.1, 0.15) is 28.8 Å². The van der Waals surface area contributed by atoms with Crippen molar-refractivity contribution in [2.24, 2.45) is 0 Å². The monoisotopic (exact) mass is 312 g/mol. The maximum absolute atomic E-state index is 11.9. The number of halogens is 1. The molecule has 0 radical (unpaired) electrons. The summed E-state index contributed by atoms with van der Waals surface area (Å²) in [5.41, 5.74) is 1.85. The Morgan fingerprint density at radius 2 is 2.06 bits per heavy atom. The average molecular weight is 313 g/mol. The van der Waals surface area contributed by atoms with Gasteiger partial charge in [0.1, 0.15) is 0 Å². The molecular formula is C14H21BrN2O. The molecule has 0 heterocycles. The summed E-state index contributed by atoms with van der Waals surface area (Å²) >= 11 is 3.42. The molecule has 0 atom stereocenters. The first-order valence-electron chi connectivity index (χ1n) is 6.20. The summed E-state index contributed by atoms with van der Waals surface area (Å²) < 4.78 is 0.855. The SMILES string of the molecule is Cc1ccc(C(=O)NCCCCN(C)C)c(Br)c1. The number of hydrogen-bond acceptors (Lipinski definition) is 2. The molecule has 0 saturated carbocycles. The molecule has 1 aromatic rings. The van der Waals surface area contributed by atoms with Gasteiger partial charge in [-0.3, -0.25) is 4.79 Å². The number of unbranched alkanes of at least 4 members (excludes halogenated alkanes) is 1. The first-order valence-corrected chi connectivity index (χ1v) is 6.99. The lowest BCUT2D eigenvalue weighted by molar-refractivity contribution is 0.0952. The van der Waals surface area contributed by atoms with Gasteiger partial charge in [0.15, 0.2) is 0 Å². The lowest BCUT2D eigenvalue weighted by atomic mass is 10.1. The lowest BCUT2D eigenvalue weighted by Crippen LogP contribution is -2.25. The molecule has 18 heavy (non-hydrogen) atoms. The van der Waals surface area contributed by atoms with Crippen LogP contribution in [0.4, 0.5) is 0 Å². The zero-order valence-corrected chi connectivity index (χ0v) is 12.9. The van der Waals surface area contributed by atoms with Gasteiger partial charge >= 0.3 is 0 Å². The fraction of sp³-hybridized carbons (Fsp3) is 0.500. The molecule has 0 aromatic heterocycles. The lowest BCUT2D eigenvalue weighted by Gasteiger charge is -2.10. The number of aryl methyl sites for hydroxylation is 1. The molecule has 0 fully saturated rings. The normalized spacial score (nSPS) is 10.7. The van der Waals surface area contributed by atoms with E-state index in [-0.39, 0.29) is 5.91 Å². The highest BCUT2D eigenvalue weighted by Crippen LogP contribution is 2.18. The summed E-state index contributed by atoms with van der Waals surface area (Å²) in [7, 11) is 4.12. The zero-order valence-electron chi connectivity index (χ0n) is 11.3. The van der Waals surface area contributed by atoms with Gasteiger partial charge in [-0.1, -0.05) is 6.07 Å². The zero-order chi connectivity index (χ0) is 13.5. The molecule has 0 saturated heterocycles. The van der Waals surface area contributed by atoms with Gasteiger partial charge in [-0.2, -0.15) is 0 Å². The van der Waals surface area contributed by atoms with Gasteiger partial charge in [-0.25, -0.2) is 0 Å². The third-order valence-electron chi connectivity index (χ3n) is 2.69. The molecule has 0 unspecified atom stereocenters. The van der Waals surface area contributed by atoms with Crippen LogP contribution < -0.4 is 5.32 Å². The van der Waals surface area contributed by atoms with Gasteiger partial charge < -0.3 is 10.2 Å². The number of benzene rings is 1. The van der Waals surface area contributed by atoms with Crippen LogP contribution in [0.3, 0.4) is 0 Å². The fourth-order valence-electron chi connectivity index (χ4n) is 1.65. The highest BCUT2D eigenvalue weighted by molar-refractivity contribution is 9.10. The van der Waals surface area contributed by atoms with E-state index in [0.717, 1.165) is 36.0 Å². The van der Waals surface area contributed by atoms with E-state index < -0.39 is 0 Å². The van der Waals surface area contributed by atoms with Gasteiger partial charge in [0.2, 0.25) is 0 Å². The fourth-order valence-corrected chi connectivity index (χ4v) is 2.33. The maximum Gasteiger partial charge on any atom is 0.252 e. The van der Waals surface area contributed by atoms with E-state index in [9.17, 15) is 4.79 Å². The molecule has 1 aromatic carbocycles. The molecule has 100 valence electrons. The molecule has 0 bridgehead atoms. The highest BCUT2D eigenvalue weighted by Gasteiger charge is 2.08. The molecule has 1 rings (SSSR count). The third-order valence-corrected chi connectivity index (χ3v) is 3.34. The van der Waals surface area contributed by atoms with E-state index in [1.54, 1.807) is 0 Å². The van der Waals surface area contributed by atoms with Gasteiger partial charge in [0, 0.05) is 11.0 Å². The second-order valence-electron chi connectivity index (χ2n) is 4.75. The van der Waals surface area contributed by atoms with Crippen LogP contribution >= 0.6 is 15.9 Å². The van der Waals surface area contributed by atoms with Crippen molar-refractivity contribution in [3.05, 3.63) is 33.8 Å². The van der Waals surface area contributed by atoms with Crippen molar-refractivity contribution in [2.75, 3.05) is 27.2 Å². The largest absolute Gasteiger partial charge is 0.352 e. The Morgan fingerprint density at radius 3 is 2.67 bits per heavy atom. The maximum atomic E-state index is 11.9. The second-order valence-corrected chi connectivity index (χ2v) is 5.60. The summed E-state index contributed by atoms with van der Waals surface area (Å²) in [4.78, 5) is 14.1. The van der Waals surface area contributed by atoms with E-state index >= 15 is 0 Å². The number of carbonyl (C=O) groups is 1. The van der Waals surface area contributed by atoms with Gasteiger partial charge in [-0.15, -0.1) is 0 Å². The summed E-state index contributed by atoms with van der Waals surface area (Å²) in [6.45, 7) is 3.80. The van der Waals surface area contributed by atoms with Crippen LogP contribution in [0.5, 0.6) is 0 Å². The van der Waals surface area contributed by atoms with Gasteiger partial charge in [-0.05, 0) is 74.0 Å². The van der Waals surface area contributed by atoms with E-state index in [1.807, 2.05) is 25.1 Å². The molecule has 4 heteroatoms. The number of nitrogens with one attached hydrogen (secondary N) is 1. The van der Waals surface area contributed by atoms with Crippen molar-refractivity contribution in [3.63, 3.8) is 0 Å². The van der Waals surface area contributed by atoms with Crippen molar-refractivity contribution in [2.45, 2.75) is 19.8 Å². The smallest absolute Gasteiger partial charge is 0.252 e. The van der Waals surface area contributed by atoms with Crippen LogP contribution in [0.2, 0.25) is 0 Å². The van der Waals surface area contributed by atoms with Gasteiger partial charge in [0.05, 0.1) is 5.56 Å². The molecular weight excluding hydrogens is 292 g/mol. The first kappa shape index (κ1) is 15.2. The van der Waals surface area contributed by atoms with Crippen molar-refractivity contribution in [3.8, 4) is 0 Å².